The molecule has 0 atom stereocenters. The van der Waals surface area contributed by atoms with Gasteiger partial charge in [0.2, 0.25) is 5.91 Å². The van der Waals surface area contributed by atoms with E-state index in [-0.39, 0.29) is 11.9 Å². The van der Waals surface area contributed by atoms with E-state index < -0.39 is 0 Å². The third-order valence-electron chi connectivity index (χ3n) is 4.49. The zero-order chi connectivity index (χ0) is 17.3. The number of carbonyl (C=O) groups excluding carboxylic acids is 1. The maximum atomic E-state index is 12.6. The van der Waals surface area contributed by atoms with Crippen molar-refractivity contribution >= 4 is 12.0 Å². The summed E-state index contributed by atoms with van der Waals surface area (Å²) in [4.78, 5) is 14.5. The first-order chi connectivity index (χ1) is 11.5. The molecule has 126 valence electrons. The molecule has 24 heavy (non-hydrogen) atoms. The van der Waals surface area contributed by atoms with E-state index in [1.54, 1.807) is 6.08 Å². The van der Waals surface area contributed by atoms with Crippen molar-refractivity contribution in [2.75, 3.05) is 0 Å². The lowest BCUT2D eigenvalue weighted by Gasteiger charge is -2.25. The highest BCUT2D eigenvalue weighted by Gasteiger charge is 2.33. The summed E-state index contributed by atoms with van der Waals surface area (Å²) < 4.78 is 1.93. The van der Waals surface area contributed by atoms with Crippen LogP contribution in [0.3, 0.4) is 0 Å². The maximum absolute atomic E-state index is 12.6. The highest BCUT2D eigenvalue weighted by Crippen LogP contribution is 2.29. The van der Waals surface area contributed by atoms with Gasteiger partial charge in [0.25, 0.3) is 0 Å². The molecule has 1 amide bonds. The molecule has 1 aliphatic carbocycles. The quantitative estimate of drug-likeness (QED) is 0.783. The Morgan fingerprint density at radius 3 is 2.50 bits per heavy atom. The summed E-state index contributed by atoms with van der Waals surface area (Å²) in [6.45, 7) is 8.18. The van der Waals surface area contributed by atoms with Crippen LogP contribution in [0.4, 0.5) is 0 Å². The van der Waals surface area contributed by atoms with E-state index in [4.69, 9.17) is 0 Å². The second kappa shape index (κ2) is 6.63. The molecule has 0 radical (unpaired) electrons. The second-order valence-corrected chi connectivity index (χ2v) is 6.74. The molecular formula is C20H25N3O. The average molecular weight is 323 g/mol. The van der Waals surface area contributed by atoms with Crippen molar-refractivity contribution < 1.29 is 4.79 Å². The summed E-state index contributed by atoms with van der Waals surface area (Å²) in [5, 5.41) is 4.63. The van der Waals surface area contributed by atoms with E-state index in [0.29, 0.717) is 6.04 Å². The first-order valence-corrected chi connectivity index (χ1v) is 8.61. The topological polar surface area (TPSA) is 38.1 Å². The van der Waals surface area contributed by atoms with Gasteiger partial charge in [0.15, 0.2) is 0 Å². The van der Waals surface area contributed by atoms with Gasteiger partial charge in [-0.1, -0.05) is 18.2 Å². The van der Waals surface area contributed by atoms with Gasteiger partial charge >= 0.3 is 0 Å². The number of aromatic nitrogens is 2. The molecular weight excluding hydrogens is 298 g/mol. The Kier molecular flexibility index (Phi) is 4.56. The predicted molar refractivity (Wildman–Crippen MR) is 97.1 cm³/mol. The van der Waals surface area contributed by atoms with E-state index in [1.165, 1.54) is 0 Å². The minimum atomic E-state index is 0.0961. The lowest BCUT2D eigenvalue weighted by Crippen LogP contribution is -2.37. The lowest BCUT2D eigenvalue weighted by atomic mass is 10.1. The molecule has 1 aromatic heterocycles. The number of benzene rings is 1. The third-order valence-corrected chi connectivity index (χ3v) is 4.49. The van der Waals surface area contributed by atoms with E-state index >= 15 is 0 Å². The van der Waals surface area contributed by atoms with Crippen LogP contribution in [0.5, 0.6) is 0 Å². The number of hydrogen-bond acceptors (Lipinski definition) is 2. The standard InChI is InChI=1S/C20H25N3O/c1-14(2)22(17-10-11-17)20(24)13-12-19-15(3)21-23(16(19)4)18-8-6-5-7-9-18/h5-9,12-14,17H,10-11H2,1-4H3/b13-12+. The number of nitrogens with zero attached hydrogens (tertiary/aromatic N) is 3. The van der Waals surface area contributed by atoms with Crippen LogP contribution in [0.15, 0.2) is 36.4 Å². The number of amides is 1. The van der Waals surface area contributed by atoms with Crippen molar-refractivity contribution in [2.45, 2.75) is 52.6 Å². The number of para-hydroxylation sites is 1. The van der Waals surface area contributed by atoms with Gasteiger partial charge in [0.1, 0.15) is 0 Å². The predicted octanol–water partition coefficient (Wildman–Crippen LogP) is 3.90. The van der Waals surface area contributed by atoms with Crippen LogP contribution >= 0.6 is 0 Å². The molecule has 1 heterocycles. The molecule has 1 fully saturated rings. The fourth-order valence-electron chi connectivity index (χ4n) is 3.17. The molecule has 4 nitrogen and oxygen atoms in total. The molecule has 0 spiro atoms. The van der Waals surface area contributed by atoms with Crippen molar-refractivity contribution in [3.05, 3.63) is 53.4 Å². The van der Waals surface area contributed by atoms with Crippen molar-refractivity contribution in [1.82, 2.24) is 14.7 Å². The molecule has 1 aromatic carbocycles. The molecule has 1 saturated carbocycles. The molecule has 2 aromatic rings. The molecule has 0 unspecified atom stereocenters. The van der Waals surface area contributed by atoms with Gasteiger partial charge in [-0.05, 0) is 58.7 Å². The van der Waals surface area contributed by atoms with E-state index in [2.05, 4.69) is 18.9 Å². The minimum absolute atomic E-state index is 0.0961. The first-order valence-electron chi connectivity index (χ1n) is 8.61. The van der Waals surface area contributed by atoms with Crippen molar-refractivity contribution in [1.29, 1.82) is 0 Å². The Hall–Kier alpha value is -2.36. The largest absolute Gasteiger partial charge is 0.334 e. The van der Waals surface area contributed by atoms with E-state index in [9.17, 15) is 4.79 Å². The smallest absolute Gasteiger partial charge is 0.247 e. The monoisotopic (exact) mass is 323 g/mol. The fraction of sp³-hybridized carbons (Fsp3) is 0.400. The van der Waals surface area contributed by atoms with Crippen LogP contribution in [-0.2, 0) is 4.79 Å². The fourth-order valence-corrected chi connectivity index (χ4v) is 3.17. The molecule has 4 heteroatoms. The third kappa shape index (κ3) is 3.28. The van der Waals surface area contributed by atoms with Gasteiger partial charge < -0.3 is 4.90 Å². The molecule has 0 N–H and O–H groups in total. The van der Waals surface area contributed by atoms with Crippen LogP contribution in [0, 0.1) is 13.8 Å². The Bertz CT molecular complexity index is 753. The first kappa shape index (κ1) is 16.5. The van der Waals surface area contributed by atoms with Crippen LogP contribution in [0.25, 0.3) is 11.8 Å². The molecule has 0 bridgehead atoms. The van der Waals surface area contributed by atoms with Crippen molar-refractivity contribution in [3.8, 4) is 5.69 Å². The minimum Gasteiger partial charge on any atom is -0.334 e. The zero-order valence-corrected chi connectivity index (χ0v) is 14.9. The molecule has 1 aliphatic rings. The Morgan fingerprint density at radius 2 is 1.92 bits per heavy atom. The number of rotatable bonds is 5. The normalized spacial score (nSPS) is 14.5. The second-order valence-electron chi connectivity index (χ2n) is 6.74. The highest BCUT2D eigenvalue weighted by atomic mass is 16.2. The number of aryl methyl sites for hydroxylation is 1. The van der Waals surface area contributed by atoms with Crippen LogP contribution < -0.4 is 0 Å². The van der Waals surface area contributed by atoms with E-state index in [0.717, 1.165) is 35.5 Å². The van der Waals surface area contributed by atoms with Crippen LogP contribution in [-0.4, -0.2) is 32.7 Å². The summed E-state index contributed by atoms with van der Waals surface area (Å²) in [7, 11) is 0. The van der Waals surface area contributed by atoms with Crippen molar-refractivity contribution in [3.63, 3.8) is 0 Å². The summed E-state index contributed by atoms with van der Waals surface area (Å²) in [5.74, 6) is 0.0961. The van der Waals surface area contributed by atoms with Gasteiger partial charge in [0.05, 0.1) is 11.4 Å². The Balaban J connectivity index is 1.85. The Morgan fingerprint density at radius 1 is 1.25 bits per heavy atom. The average Bonchev–Trinajstić information content (AvgIpc) is 3.33. The van der Waals surface area contributed by atoms with Gasteiger partial charge in [0, 0.05) is 29.4 Å². The lowest BCUT2D eigenvalue weighted by molar-refractivity contribution is -0.128. The summed E-state index contributed by atoms with van der Waals surface area (Å²) in [5.41, 5.74) is 4.03. The summed E-state index contributed by atoms with van der Waals surface area (Å²) in [6, 6.07) is 10.7. The number of hydrogen-bond donors (Lipinski definition) is 0. The molecule has 3 rings (SSSR count). The van der Waals surface area contributed by atoms with E-state index in [1.807, 2.05) is 59.8 Å². The van der Waals surface area contributed by atoms with Crippen LogP contribution in [0.1, 0.15) is 43.6 Å². The van der Waals surface area contributed by atoms with Gasteiger partial charge in [-0.25, -0.2) is 4.68 Å². The van der Waals surface area contributed by atoms with Crippen LogP contribution in [0.2, 0.25) is 0 Å². The zero-order valence-electron chi connectivity index (χ0n) is 14.9. The SMILES string of the molecule is Cc1nn(-c2ccccc2)c(C)c1/C=C/C(=O)N(C(C)C)C1CC1. The number of carbonyl (C=O) groups is 1. The Labute approximate surface area is 143 Å². The summed E-state index contributed by atoms with van der Waals surface area (Å²) >= 11 is 0. The maximum Gasteiger partial charge on any atom is 0.247 e. The molecule has 0 saturated heterocycles. The highest BCUT2D eigenvalue weighted by molar-refractivity contribution is 5.92. The van der Waals surface area contributed by atoms with Gasteiger partial charge in [-0.2, -0.15) is 5.10 Å². The summed E-state index contributed by atoms with van der Waals surface area (Å²) in [6.07, 6.45) is 5.87. The van der Waals surface area contributed by atoms with Gasteiger partial charge in [-0.15, -0.1) is 0 Å². The van der Waals surface area contributed by atoms with Gasteiger partial charge in [-0.3, -0.25) is 4.79 Å². The van der Waals surface area contributed by atoms with Crippen molar-refractivity contribution in [2.24, 2.45) is 0 Å². The molecule has 0 aliphatic heterocycles.